The van der Waals surface area contributed by atoms with E-state index in [-0.39, 0.29) is 11.3 Å². The van der Waals surface area contributed by atoms with Gasteiger partial charge in [-0.2, -0.15) is 0 Å². The molecule has 1 fully saturated rings. The number of carbonyl (C=O) groups is 2. The Morgan fingerprint density at radius 1 is 1.07 bits per heavy atom. The minimum Gasteiger partial charge on any atom is -0.507 e. The number of nitrogens with zero attached hydrogens (tertiary/aromatic N) is 2. The van der Waals surface area contributed by atoms with E-state index in [2.05, 4.69) is 18.8 Å². The lowest BCUT2D eigenvalue weighted by atomic mass is 9.95. The van der Waals surface area contributed by atoms with E-state index in [0.29, 0.717) is 63.2 Å². The summed E-state index contributed by atoms with van der Waals surface area (Å²) in [6.45, 7) is 7.03. The van der Waals surface area contributed by atoms with Crippen LogP contribution in [0.15, 0.2) is 66.2 Å². The Hall–Kier alpha value is -4.08. The number of aliphatic hydroxyl groups excluding tert-OH is 1. The van der Waals surface area contributed by atoms with Crippen molar-refractivity contribution < 1.29 is 28.9 Å². The van der Waals surface area contributed by atoms with Crippen LogP contribution < -0.4 is 19.1 Å². The molecule has 42 heavy (non-hydrogen) atoms. The third-order valence-corrected chi connectivity index (χ3v) is 8.12. The summed E-state index contributed by atoms with van der Waals surface area (Å²) in [6.07, 6.45) is 0.869. The maximum absolute atomic E-state index is 13.7. The van der Waals surface area contributed by atoms with Crippen LogP contribution in [0, 0.1) is 5.92 Å². The highest BCUT2D eigenvalue weighted by Gasteiger charge is 2.48. The van der Waals surface area contributed by atoms with Crippen molar-refractivity contribution in [1.29, 1.82) is 0 Å². The van der Waals surface area contributed by atoms with Gasteiger partial charge in [-0.15, -0.1) is 0 Å². The van der Waals surface area contributed by atoms with E-state index in [4.69, 9.17) is 25.8 Å². The van der Waals surface area contributed by atoms with Crippen LogP contribution in [0.25, 0.3) is 16.0 Å². The van der Waals surface area contributed by atoms with Crippen LogP contribution >= 0.6 is 22.9 Å². The number of thiazole rings is 1. The molecule has 1 aliphatic rings. The molecule has 3 aromatic carbocycles. The number of hydrogen-bond acceptors (Lipinski definition) is 8. The van der Waals surface area contributed by atoms with Gasteiger partial charge < -0.3 is 19.3 Å². The zero-order valence-electron chi connectivity index (χ0n) is 23.7. The normalized spacial score (nSPS) is 16.4. The number of aliphatic hydroxyl groups is 1. The Labute approximate surface area is 253 Å². The number of ether oxygens (including phenoxy) is 3. The molecule has 1 N–H and O–H groups in total. The maximum atomic E-state index is 13.7. The van der Waals surface area contributed by atoms with Gasteiger partial charge >= 0.3 is 5.91 Å². The van der Waals surface area contributed by atoms with Crippen molar-refractivity contribution in [1.82, 2.24) is 4.98 Å². The first kappa shape index (κ1) is 29.4. The molecule has 5 rings (SSSR count). The van der Waals surface area contributed by atoms with Crippen LogP contribution in [0.3, 0.4) is 0 Å². The molecule has 1 unspecified atom stereocenters. The Balaban J connectivity index is 1.66. The summed E-state index contributed by atoms with van der Waals surface area (Å²) in [5.74, 6) is 0.0357. The number of ketones is 1. The molecule has 0 bridgehead atoms. The smallest absolute Gasteiger partial charge is 0.301 e. The average Bonchev–Trinajstić information content (AvgIpc) is 3.50. The van der Waals surface area contributed by atoms with E-state index >= 15 is 0 Å². The summed E-state index contributed by atoms with van der Waals surface area (Å²) < 4.78 is 18.0. The van der Waals surface area contributed by atoms with Crippen molar-refractivity contribution in [2.75, 3.05) is 25.2 Å². The minimum atomic E-state index is -0.990. The molecular weight excluding hydrogens is 576 g/mol. The summed E-state index contributed by atoms with van der Waals surface area (Å²) in [6, 6.07) is 16.3. The monoisotopic (exact) mass is 606 g/mol. The van der Waals surface area contributed by atoms with Crippen molar-refractivity contribution in [3.05, 3.63) is 82.4 Å². The fourth-order valence-electron chi connectivity index (χ4n) is 4.77. The second-order valence-corrected chi connectivity index (χ2v) is 11.6. The molecule has 8 nitrogen and oxygen atoms in total. The van der Waals surface area contributed by atoms with Crippen LogP contribution in [0.4, 0.5) is 5.13 Å². The Kier molecular flexibility index (Phi) is 8.70. The quantitative estimate of drug-likeness (QED) is 0.114. The predicted octanol–water partition coefficient (Wildman–Crippen LogP) is 7.41. The third kappa shape index (κ3) is 5.80. The Morgan fingerprint density at radius 2 is 1.88 bits per heavy atom. The van der Waals surface area contributed by atoms with Gasteiger partial charge in [-0.05, 0) is 67.3 Å². The Morgan fingerprint density at radius 3 is 2.62 bits per heavy atom. The largest absolute Gasteiger partial charge is 0.507 e. The fraction of sp³-hybridized carbons (Fsp3) is 0.281. The number of fused-ring (bicyclic) bond motifs is 1. The first-order valence-corrected chi connectivity index (χ1v) is 14.8. The molecule has 1 aromatic heterocycles. The maximum Gasteiger partial charge on any atom is 0.301 e. The number of rotatable bonds is 10. The number of carbonyl (C=O) groups excluding carboxylic acids is 2. The number of aromatic nitrogens is 1. The summed E-state index contributed by atoms with van der Waals surface area (Å²) in [7, 11) is 1.53. The van der Waals surface area contributed by atoms with Gasteiger partial charge in [0.2, 0.25) is 0 Å². The zero-order valence-corrected chi connectivity index (χ0v) is 25.3. The summed E-state index contributed by atoms with van der Waals surface area (Å²) in [5.41, 5.74) is 1.46. The van der Waals surface area contributed by atoms with E-state index in [1.54, 1.807) is 60.7 Å². The summed E-state index contributed by atoms with van der Waals surface area (Å²) in [5, 5.41) is 12.4. The van der Waals surface area contributed by atoms with Gasteiger partial charge in [0.1, 0.15) is 11.5 Å². The molecule has 0 saturated carbocycles. The van der Waals surface area contributed by atoms with Gasteiger partial charge in [0, 0.05) is 10.6 Å². The van der Waals surface area contributed by atoms with Crippen LogP contribution in [-0.2, 0) is 9.59 Å². The highest BCUT2D eigenvalue weighted by Crippen LogP contribution is 2.46. The number of amides is 1. The van der Waals surface area contributed by atoms with Crippen molar-refractivity contribution in [3.63, 3.8) is 0 Å². The van der Waals surface area contributed by atoms with Crippen LogP contribution in [-0.4, -0.2) is 42.1 Å². The Bertz CT molecular complexity index is 1680. The molecule has 2 heterocycles. The predicted molar refractivity (Wildman–Crippen MR) is 165 cm³/mol. The lowest BCUT2D eigenvalue weighted by Crippen LogP contribution is -2.29. The van der Waals surface area contributed by atoms with E-state index in [1.165, 1.54) is 23.3 Å². The van der Waals surface area contributed by atoms with E-state index < -0.39 is 17.7 Å². The lowest BCUT2D eigenvalue weighted by molar-refractivity contribution is -0.132. The fourth-order valence-corrected chi connectivity index (χ4v) is 6.04. The minimum absolute atomic E-state index is 0.0681. The SMILES string of the molecule is CCOc1cccc(C(O)=C2C(=O)C(=O)N(c3nc4ccc(Cl)cc4s3)C2c2ccc(OCCC(C)C)c(OC)c2)c1. The van der Waals surface area contributed by atoms with Crippen molar-refractivity contribution in [2.45, 2.75) is 33.2 Å². The van der Waals surface area contributed by atoms with Gasteiger partial charge in [0.05, 0.1) is 42.2 Å². The molecule has 218 valence electrons. The van der Waals surface area contributed by atoms with Gasteiger partial charge in [0.25, 0.3) is 5.78 Å². The highest BCUT2D eigenvalue weighted by molar-refractivity contribution is 7.22. The molecule has 10 heteroatoms. The van der Waals surface area contributed by atoms with Gasteiger partial charge in [-0.25, -0.2) is 4.98 Å². The standard InChI is InChI=1S/C32H31ClN2O6S/c1-5-40-22-8-6-7-20(15-22)29(36)27-28(19-9-12-24(25(16-19)39-4)41-14-13-18(2)3)35(31(38)30(27)37)32-34-23-11-10-21(33)17-26(23)42-32/h6-12,15-18,28,36H,5,13-14H2,1-4H3. The number of benzene rings is 3. The molecule has 1 saturated heterocycles. The third-order valence-electron chi connectivity index (χ3n) is 6.86. The van der Waals surface area contributed by atoms with Gasteiger partial charge in [0.15, 0.2) is 16.6 Å². The number of hydrogen-bond donors (Lipinski definition) is 1. The van der Waals surface area contributed by atoms with Gasteiger partial charge in [-0.1, -0.05) is 55.0 Å². The summed E-state index contributed by atoms with van der Waals surface area (Å²) in [4.78, 5) is 33.3. The van der Waals surface area contributed by atoms with Crippen LogP contribution in [0.5, 0.6) is 17.2 Å². The molecule has 1 aliphatic heterocycles. The highest BCUT2D eigenvalue weighted by atomic mass is 35.5. The first-order valence-electron chi connectivity index (χ1n) is 13.6. The lowest BCUT2D eigenvalue weighted by Gasteiger charge is -2.24. The second kappa shape index (κ2) is 12.4. The zero-order chi connectivity index (χ0) is 30.0. The summed E-state index contributed by atoms with van der Waals surface area (Å²) >= 11 is 7.44. The molecule has 4 aromatic rings. The first-order chi connectivity index (χ1) is 20.2. The van der Waals surface area contributed by atoms with Crippen LogP contribution in [0.1, 0.15) is 44.4 Å². The molecule has 0 radical (unpaired) electrons. The number of methoxy groups -OCH3 is 1. The number of anilines is 1. The van der Waals surface area contributed by atoms with Crippen molar-refractivity contribution in [2.24, 2.45) is 5.92 Å². The second-order valence-electron chi connectivity index (χ2n) is 10.2. The molecule has 0 spiro atoms. The van der Waals surface area contributed by atoms with E-state index in [0.717, 1.165) is 11.1 Å². The van der Waals surface area contributed by atoms with Crippen molar-refractivity contribution in [3.8, 4) is 17.2 Å². The van der Waals surface area contributed by atoms with Crippen LogP contribution in [0.2, 0.25) is 5.02 Å². The topological polar surface area (TPSA) is 98.2 Å². The average molecular weight is 607 g/mol. The number of Topliss-reactive ketones (excluding diaryl/α,β-unsaturated/α-hetero) is 1. The number of halogens is 1. The molecule has 0 aliphatic carbocycles. The van der Waals surface area contributed by atoms with Crippen molar-refractivity contribution >= 4 is 55.7 Å². The van der Waals surface area contributed by atoms with E-state index in [1.807, 2.05) is 6.92 Å². The molecule has 1 amide bonds. The van der Waals surface area contributed by atoms with Gasteiger partial charge in [-0.3, -0.25) is 14.5 Å². The molecular formula is C32H31ClN2O6S. The van der Waals surface area contributed by atoms with E-state index in [9.17, 15) is 14.7 Å². The molecule has 1 atom stereocenters.